The number of nitrogens with zero attached hydrogens (tertiary/aromatic N) is 3. The van der Waals surface area contributed by atoms with E-state index in [-0.39, 0.29) is 23.6 Å². The van der Waals surface area contributed by atoms with E-state index in [2.05, 4.69) is 47.4 Å². The predicted octanol–water partition coefficient (Wildman–Crippen LogP) is 4.89. The Morgan fingerprint density at radius 2 is 1.88 bits per heavy atom. The van der Waals surface area contributed by atoms with Crippen LogP contribution in [0.5, 0.6) is 0 Å². The van der Waals surface area contributed by atoms with Crippen LogP contribution in [-0.2, 0) is 4.74 Å². The fourth-order valence-electron chi connectivity index (χ4n) is 5.26. The minimum Gasteiger partial charge on any atom is -0.380 e. The van der Waals surface area contributed by atoms with Crippen molar-refractivity contribution in [2.24, 2.45) is 0 Å². The zero-order chi connectivity index (χ0) is 21.7. The van der Waals surface area contributed by atoms with Crippen LogP contribution in [-0.4, -0.2) is 35.9 Å². The number of methoxy groups -OCH3 is 1. The first-order valence-electron chi connectivity index (χ1n) is 11.5. The van der Waals surface area contributed by atoms with E-state index in [0.717, 1.165) is 65.4 Å². The van der Waals surface area contributed by atoms with E-state index < -0.39 is 0 Å². The normalized spacial score (nSPS) is 23.0. The van der Waals surface area contributed by atoms with Crippen molar-refractivity contribution in [3.63, 3.8) is 0 Å². The molecule has 0 N–H and O–H groups in total. The highest BCUT2D eigenvalue weighted by Crippen LogP contribution is 2.50. The number of hydrogen-bond acceptors (Lipinski definition) is 4. The third kappa shape index (κ3) is 3.28. The van der Waals surface area contributed by atoms with Gasteiger partial charge in [-0.15, -0.1) is 0 Å². The van der Waals surface area contributed by atoms with Crippen LogP contribution in [0.3, 0.4) is 0 Å². The number of pyridine rings is 2. The Balaban J connectivity index is 1.36. The SMILES string of the molecule is COC1CCCN(c2cccc3ccn([C@@H]4C[C@H]4c4ccc5ccccc5n4)c(=O)c23)C1. The number of hydrogen-bond donors (Lipinski definition) is 0. The topological polar surface area (TPSA) is 47.4 Å². The molecule has 1 saturated heterocycles. The number of fused-ring (bicyclic) bond motifs is 2. The van der Waals surface area contributed by atoms with Crippen molar-refractivity contribution in [2.45, 2.75) is 37.3 Å². The zero-order valence-electron chi connectivity index (χ0n) is 18.3. The maximum absolute atomic E-state index is 13.7. The summed E-state index contributed by atoms with van der Waals surface area (Å²) in [6, 6.07) is 20.9. The molecule has 4 aromatic rings. The molecule has 1 unspecified atom stereocenters. The molecular weight excluding hydrogens is 398 g/mol. The molecule has 6 rings (SSSR count). The molecule has 1 saturated carbocycles. The van der Waals surface area contributed by atoms with Gasteiger partial charge in [-0.25, -0.2) is 0 Å². The van der Waals surface area contributed by atoms with Crippen LogP contribution in [0.15, 0.2) is 71.7 Å². The molecule has 1 aliphatic heterocycles. The second kappa shape index (κ2) is 7.75. The first kappa shape index (κ1) is 19.5. The molecule has 2 aromatic heterocycles. The summed E-state index contributed by atoms with van der Waals surface area (Å²) in [7, 11) is 1.78. The Morgan fingerprint density at radius 1 is 1.00 bits per heavy atom. The van der Waals surface area contributed by atoms with E-state index in [0.29, 0.717) is 0 Å². The fourth-order valence-corrected chi connectivity index (χ4v) is 5.26. The zero-order valence-corrected chi connectivity index (χ0v) is 18.3. The highest BCUT2D eigenvalue weighted by Gasteiger charge is 2.42. The average Bonchev–Trinajstić information content (AvgIpc) is 3.64. The molecule has 3 atom stereocenters. The van der Waals surface area contributed by atoms with Gasteiger partial charge < -0.3 is 14.2 Å². The molecule has 0 bridgehead atoms. The molecule has 0 spiro atoms. The molecule has 2 aromatic carbocycles. The van der Waals surface area contributed by atoms with Gasteiger partial charge in [0.05, 0.1) is 22.7 Å². The quantitative estimate of drug-likeness (QED) is 0.467. The van der Waals surface area contributed by atoms with Crippen LogP contribution >= 0.6 is 0 Å². The van der Waals surface area contributed by atoms with Crippen LogP contribution in [0.4, 0.5) is 5.69 Å². The first-order valence-corrected chi connectivity index (χ1v) is 11.5. The largest absolute Gasteiger partial charge is 0.380 e. The first-order chi connectivity index (χ1) is 15.7. The Labute approximate surface area is 187 Å². The van der Waals surface area contributed by atoms with Crippen LogP contribution in [0, 0.1) is 0 Å². The third-order valence-electron chi connectivity index (χ3n) is 7.10. The van der Waals surface area contributed by atoms with Crippen molar-refractivity contribution in [3.8, 4) is 0 Å². The van der Waals surface area contributed by atoms with Crippen molar-refractivity contribution in [1.82, 2.24) is 9.55 Å². The average molecular weight is 426 g/mol. The molecule has 3 heterocycles. The number of para-hydroxylation sites is 1. The Bertz CT molecular complexity index is 1360. The van der Waals surface area contributed by atoms with E-state index in [4.69, 9.17) is 9.72 Å². The van der Waals surface area contributed by atoms with Gasteiger partial charge in [-0.1, -0.05) is 36.4 Å². The summed E-state index contributed by atoms with van der Waals surface area (Å²) in [6.07, 6.45) is 5.29. The standard InChI is InChI=1S/C27H27N3O2/c1-32-20-8-5-14-29(17-20)24-10-4-7-19-13-15-30(27(31)26(19)24)25-16-21(25)23-12-11-18-6-2-3-9-22(18)28-23/h2-4,6-7,9-13,15,20-21,25H,5,8,14,16-17H2,1H3/t20?,21-,25+/m0/s1. The van der Waals surface area contributed by atoms with E-state index in [1.807, 2.05) is 29.0 Å². The lowest BCUT2D eigenvalue weighted by Gasteiger charge is -2.34. The molecule has 162 valence electrons. The van der Waals surface area contributed by atoms with Crippen LogP contribution in [0.1, 0.15) is 36.9 Å². The van der Waals surface area contributed by atoms with E-state index in [1.165, 1.54) is 0 Å². The van der Waals surface area contributed by atoms with Gasteiger partial charge in [0.25, 0.3) is 5.56 Å². The Hall–Kier alpha value is -3.18. The molecule has 2 fully saturated rings. The molecular formula is C27H27N3O2. The number of piperidine rings is 1. The summed E-state index contributed by atoms with van der Waals surface area (Å²) in [5.41, 5.74) is 3.23. The molecule has 2 aliphatic rings. The van der Waals surface area contributed by atoms with Gasteiger partial charge in [-0.05, 0) is 48.9 Å². The highest BCUT2D eigenvalue weighted by atomic mass is 16.5. The van der Waals surface area contributed by atoms with Gasteiger partial charge in [-0.3, -0.25) is 9.78 Å². The van der Waals surface area contributed by atoms with E-state index in [9.17, 15) is 4.79 Å². The van der Waals surface area contributed by atoms with Gasteiger partial charge in [0.1, 0.15) is 0 Å². The molecule has 0 amide bonds. The van der Waals surface area contributed by atoms with Gasteiger partial charge in [0, 0.05) is 49.4 Å². The Kier molecular flexibility index (Phi) is 4.72. The van der Waals surface area contributed by atoms with Gasteiger partial charge >= 0.3 is 0 Å². The molecule has 5 heteroatoms. The third-order valence-corrected chi connectivity index (χ3v) is 7.10. The summed E-state index contributed by atoms with van der Waals surface area (Å²) in [5.74, 6) is 0.287. The van der Waals surface area contributed by atoms with Gasteiger partial charge in [0.15, 0.2) is 0 Å². The lowest BCUT2D eigenvalue weighted by molar-refractivity contribution is 0.0894. The Morgan fingerprint density at radius 3 is 2.78 bits per heavy atom. The van der Waals surface area contributed by atoms with Gasteiger partial charge in [0.2, 0.25) is 0 Å². The van der Waals surface area contributed by atoms with Crippen molar-refractivity contribution >= 4 is 27.4 Å². The summed E-state index contributed by atoms with van der Waals surface area (Å²) in [5, 5.41) is 2.98. The monoisotopic (exact) mass is 425 g/mol. The number of benzene rings is 2. The predicted molar refractivity (Wildman–Crippen MR) is 129 cm³/mol. The second-order valence-electron chi connectivity index (χ2n) is 9.05. The number of aromatic nitrogens is 2. The minimum atomic E-state index is 0.103. The molecule has 0 radical (unpaired) electrons. The van der Waals surface area contributed by atoms with E-state index in [1.54, 1.807) is 7.11 Å². The van der Waals surface area contributed by atoms with E-state index >= 15 is 0 Å². The summed E-state index contributed by atoms with van der Waals surface area (Å²) < 4.78 is 7.55. The van der Waals surface area contributed by atoms with Crippen molar-refractivity contribution in [3.05, 3.63) is 82.9 Å². The van der Waals surface area contributed by atoms with Gasteiger partial charge in [-0.2, -0.15) is 0 Å². The maximum atomic E-state index is 13.7. The summed E-state index contributed by atoms with van der Waals surface area (Å²) in [6.45, 7) is 1.79. The molecule has 1 aliphatic carbocycles. The maximum Gasteiger partial charge on any atom is 0.260 e. The van der Waals surface area contributed by atoms with Crippen molar-refractivity contribution < 1.29 is 4.74 Å². The lowest BCUT2D eigenvalue weighted by Crippen LogP contribution is -2.39. The number of rotatable bonds is 4. The highest BCUT2D eigenvalue weighted by molar-refractivity contribution is 5.93. The van der Waals surface area contributed by atoms with Crippen molar-refractivity contribution in [2.75, 3.05) is 25.1 Å². The summed E-state index contributed by atoms with van der Waals surface area (Å²) >= 11 is 0. The molecule has 32 heavy (non-hydrogen) atoms. The smallest absolute Gasteiger partial charge is 0.260 e. The van der Waals surface area contributed by atoms with Crippen LogP contribution < -0.4 is 10.5 Å². The van der Waals surface area contributed by atoms with Crippen LogP contribution in [0.2, 0.25) is 0 Å². The molecule has 5 nitrogen and oxygen atoms in total. The number of anilines is 1. The second-order valence-corrected chi connectivity index (χ2v) is 9.05. The fraction of sp³-hybridized carbons (Fsp3) is 0.333. The lowest BCUT2D eigenvalue weighted by atomic mass is 10.0. The van der Waals surface area contributed by atoms with Crippen LogP contribution in [0.25, 0.3) is 21.7 Å². The summed E-state index contributed by atoms with van der Waals surface area (Å²) in [4.78, 5) is 20.9. The van der Waals surface area contributed by atoms with Crippen molar-refractivity contribution in [1.29, 1.82) is 0 Å². The minimum absolute atomic E-state index is 0.103. The number of ether oxygens (including phenoxy) is 1.